The summed E-state index contributed by atoms with van der Waals surface area (Å²) in [5, 5.41) is 4.50. The van der Waals surface area contributed by atoms with E-state index in [2.05, 4.69) is 5.10 Å². The van der Waals surface area contributed by atoms with E-state index in [1.165, 1.54) is 0 Å². The lowest BCUT2D eigenvalue weighted by atomic mass is 10.1. The highest BCUT2D eigenvalue weighted by molar-refractivity contribution is 5.76. The Bertz CT molecular complexity index is 593. The van der Waals surface area contributed by atoms with E-state index in [1.807, 2.05) is 31.2 Å². The summed E-state index contributed by atoms with van der Waals surface area (Å²) < 4.78 is 12.0. The van der Waals surface area contributed by atoms with Crippen LogP contribution in [0, 0.1) is 0 Å². The highest BCUT2D eigenvalue weighted by Crippen LogP contribution is 2.21. The molecule has 0 N–H and O–H groups in total. The van der Waals surface area contributed by atoms with Gasteiger partial charge in [0.2, 0.25) is 0 Å². The van der Waals surface area contributed by atoms with Gasteiger partial charge in [0.15, 0.2) is 6.29 Å². The summed E-state index contributed by atoms with van der Waals surface area (Å²) in [5.74, 6) is 0.809. The Labute approximate surface area is 118 Å². The van der Waals surface area contributed by atoms with Gasteiger partial charge in [-0.15, -0.1) is 0 Å². The van der Waals surface area contributed by atoms with E-state index in [-0.39, 0.29) is 5.92 Å². The van der Waals surface area contributed by atoms with Gasteiger partial charge in [-0.25, -0.2) is 4.68 Å². The van der Waals surface area contributed by atoms with Crippen LogP contribution in [-0.2, 0) is 4.74 Å². The van der Waals surface area contributed by atoms with Crippen LogP contribution in [0.25, 0.3) is 5.69 Å². The van der Waals surface area contributed by atoms with Gasteiger partial charge in [-0.05, 0) is 12.1 Å². The molecule has 1 unspecified atom stereocenters. The third-order valence-corrected chi connectivity index (χ3v) is 3.10. The standard InChI is InChI=1S/C15H18N2O3/c1-11(10-19-2)15-12(9-18)8-17(16-15)13-5-4-6-14(7-13)20-3/h4-9,11H,10H2,1-3H3. The molecule has 106 valence electrons. The summed E-state index contributed by atoms with van der Waals surface area (Å²) in [6.07, 6.45) is 2.55. The number of hydrogen-bond acceptors (Lipinski definition) is 4. The van der Waals surface area contributed by atoms with Crippen molar-refractivity contribution < 1.29 is 14.3 Å². The predicted molar refractivity (Wildman–Crippen MR) is 75.8 cm³/mol. The molecule has 0 amide bonds. The van der Waals surface area contributed by atoms with Crippen molar-refractivity contribution in [3.05, 3.63) is 41.7 Å². The zero-order chi connectivity index (χ0) is 14.5. The topological polar surface area (TPSA) is 53.4 Å². The summed E-state index contributed by atoms with van der Waals surface area (Å²) >= 11 is 0. The van der Waals surface area contributed by atoms with Crippen LogP contribution in [0.2, 0.25) is 0 Å². The molecule has 1 aromatic carbocycles. The van der Waals surface area contributed by atoms with Crippen molar-refractivity contribution in [1.29, 1.82) is 0 Å². The number of carbonyl (C=O) groups excluding carboxylic acids is 1. The lowest BCUT2D eigenvalue weighted by Crippen LogP contribution is -2.05. The number of nitrogens with zero attached hydrogens (tertiary/aromatic N) is 2. The first kappa shape index (κ1) is 14.3. The van der Waals surface area contributed by atoms with Gasteiger partial charge >= 0.3 is 0 Å². The first-order valence-electron chi connectivity index (χ1n) is 6.37. The van der Waals surface area contributed by atoms with Gasteiger partial charge in [0, 0.05) is 25.3 Å². The molecule has 1 heterocycles. The molecule has 5 heteroatoms. The van der Waals surface area contributed by atoms with E-state index < -0.39 is 0 Å². The molecule has 0 fully saturated rings. The van der Waals surface area contributed by atoms with Gasteiger partial charge in [0.25, 0.3) is 0 Å². The minimum Gasteiger partial charge on any atom is -0.497 e. The fourth-order valence-electron chi connectivity index (χ4n) is 2.09. The summed E-state index contributed by atoms with van der Waals surface area (Å²) in [4.78, 5) is 11.2. The fourth-order valence-corrected chi connectivity index (χ4v) is 2.09. The second kappa shape index (κ2) is 6.34. The Balaban J connectivity index is 2.40. The van der Waals surface area contributed by atoms with Gasteiger partial charge in [0.05, 0.1) is 30.7 Å². The number of rotatable bonds is 6. The van der Waals surface area contributed by atoms with Crippen molar-refractivity contribution in [1.82, 2.24) is 9.78 Å². The van der Waals surface area contributed by atoms with Gasteiger partial charge in [0.1, 0.15) is 5.75 Å². The Morgan fingerprint density at radius 1 is 1.40 bits per heavy atom. The van der Waals surface area contributed by atoms with Gasteiger partial charge in [-0.3, -0.25) is 4.79 Å². The molecule has 0 saturated carbocycles. The number of methoxy groups -OCH3 is 2. The van der Waals surface area contributed by atoms with Crippen LogP contribution in [0.4, 0.5) is 0 Å². The van der Waals surface area contributed by atoms with Crippen molar-refractivity contribution in [3.8, 4) is 11.4 Å². The van der Waals surface area contributed by atoms with Crippen molar-refractivity contribution in [2.24, 2.45) is 0 Å². The van der Waals surface area contributed by atoms with Crippen LogP contribution >= 0.6 is 0 Å². The second-order valence-corrected chi connectivity index (χ2v) is 4.59. The highest BCUT2D eigenvalue weighted by Gasteiger charge is 2.16. The Morgan fingerprint density at radius 3 is 2.85 bits per heavy atom. The molecular weight excluding hydrogens is 256 g/mol. The average molecular weight is 274 g/mol. The van der Waals surface area contributed by atoms with Crippen LogP contribution in [0.1, 0.15) is 28.9 Å². The lowest BCUT2D eigenvalue weighted by molar-refractivity contribution is 0.112. The molecule has 0 aliphatic rings. The zero-order valence-corrected chi connectivity index (χ0v) is 11.9. The molecular formula is C15H18N2O3. The average Bonchev–Trinajstić information content (AvgIpc) is 2.92. The smallest absolute Gasteiger partial charge is 0.153 e. The molecule has 0 spiro atoms. The van der Waals surface area contributed by atoms with Crippen LogP contribution in [0.3, 0.4) is 0 Å². The van der Waals surface area contributed by atoms with E-state index in [1.54, 1.807) is 25.1 Å². The van der Waals surface area contributed by atoms with Crippen molar-refractivity contribution in [2.75, 3.05) is 20.8 Å². The third kappa shape index (κ3) is 2.88. The van der Waals surface area contributed by atoms with Crippen LogP contribution in [0.15, 0.2) is 30.5 Å². The SMILES string of the molecule is COCC(C)c1nn(-c2cccc(OC)c2)cc1C=O. The molecule has 0 aliphatic heterocycles. The molecule has 2 aromatic rings. The maximum Gasteiger partial charge on any atom is 0.153 e. The molecule has 0 bridgehead atoms. The number of hydrogen-bond donors (Lipinski definition) is 0. The first-order chi connectivity index (χ1) is 9.69. The van der Waals surface area contributed by atoms with Crippen molar-refractivity contribution in [2.45, 2.75) is 12.8 Å². The minimum atomic E-state index is 0.0621. The number of ether oxygens (including phenoxy) is 2. The van der Waals surface area contributed by atoms with E-state index in [0.717, 1.165) is 23.4 Å². The quantitative estimate of drug-likeness (QED) is 0.759. The monoisotopic (exact) mass is 274 g/mol. The number of aldehydes is 1. The largest absolute Gasteiger partial charge is 0.497 e. The molecule has 1 aromatic heterocycles. The number of aromatic nitrogens is 2. The van der Waals surface area contributed by atoms with Gasteiger partial charge in [-0.2, -0.15) is 5.10 Å². The zero-order valence-electron chi connectivity index (χ0n) is 11.9. The summed E-state index contributed by atoms with van der Waals surface area (Å²) in [7, 11) is 3.25. The number of carbonyl (C=O) groups is 1. The van der Waals surface area contributed by atoms with Crippen LogP contribution in [0.5, 0.6) is 5.75 Å². The van der Waals surface area contributed by atoms with E-state index >= 15 is 0 Å². The van der Waals surface area contributed by atoms with E-state index in [9.17, 15) is 4.79 Å². The molecule has 2 rings (SSSR count). The summed E-state index contributed by atoms with van der Waals surface area (Å²) in [6, 6.07) is 7.53. The number of benzene rings is 1. The normalized spacial score (nSPS) is 12.2. The van der Waals surface area contributed by atoms with Crippen LogP contribution < -0.4 is 4.74 Å². The Morgan fingerprint density at radius 2 is 2.20 bits per heavy atom. The molecule has 5 nitrogen and oxygen atoms in total. The third-order valence-electron chi connectivity index (χ3n) is 3.10. The van der Waals surface area contributed by atoms with Crippen molar-refractivity contribution in [3.63, 3.8) is 0 Å². The Hall–Kier alpha value is -2.14. The predicted octanol–water partition coefficient (Wildman–Crippen LogP) is 2.44. The molecule has 0 saturated heterocycles. The van der Waals surface area contributed by atoms with Crippen molar-refractivity contribution >= 4 is 6.29 Å². The lowest BCUT2D eigenvalue weighted by Gasteiger charge is -2.07. The summed E-state index contributed by atoms with van der Waals surface area (Å²) in [6.45, 7) is 2.50. The maximum atomic E-state index is 11.2. The second-order valence-electron chi connectivity index (χ2n) is 4.59. The summed E-state index contributed by atoms with van der Waals surface area (Å²) in [5.41, 5.74) is 2.17. The van der Waals surface area contributed by atoms with Gasteiger partial charge < -0.3 is 9.47 Å². The molecule has 0 aliphatic carbocycles. The fraction of sp³-hybridized carbons (Fsp3) is 0.333. The van der Waals surface area contributed by atoms with E-state index in [4.69, 9.17) is 9.47 Å². The highest BCUT2D eigenvalue weighted by atomic mass is 16.5. The molecule has 0 radical (unpaired) electrons. The van der Waals surface area contributed by atoms with Crippen LogP contribution in [-0.4, -0.2) is 36.9 Å². The first-order valence-corrected chi connectivity index (χ1v) is 6.37. The van der Waals surface area contributed by atoms with E-state index in [0.29, 0.717) is 12.2 Å². The Kier molecular flexibility index (Phi) is 4.53. The minimum absolute atomic E-state index is 0.0621. The van der Waals surface area contributed by atoms with Gasteiger partial charge in [-0.1, -0.05) is 13.0 Å². The molecule has 1 atom stereocenters. The maximum absolute atomic E-state index is 11.2. The molecule has 20 heavy (non-hydrogen) atoms.